The minimum Gasteiger partial charge on any atom is -0.461 e. The topological polar surface area (TPSA) is 44.1 Å². The van der Waals surface area contributed by atoms with Gasteiger partial charge in [0.1, 0.15) is 16.9 Å². The van der Waals surface area contributed by atoms with Crippen LogP contribution in [0.3, 0.4) is 0 Å². The Morgan fingerprint density at radius 2 is 1.57 bits per heavy atom. The standard InChI is InChI=1S/C24H16N2O2/c1-3-15-14(2)27-21-13-12-18-23(22(15)21)28-24(25-18)26-19-10-6-4-8-16(19)17-9-5-7-11-20(17)26/h3-13H,1H2,2H3. The molecule has 3 aromatic heterocycles. The van der Waals surface area contributed by atoms with Gasteiger partial charge in [-0.25, -0.2) is 0 Å². The summed E-state index contributed by atoms with van der Waals surface area (Å²) in [5.41, 5.74) is 5.39. The molecule has 0 radical (unpaired) electrons. The lowest BCUT2D eigenvalue weighted by Crippen LogP contribution is -1.93. The molecule has 0 spiro atoms. The number of nitrogens with zero attached hydrogens (tertiary/aromatic N) is 2. The van der Waals surface area contributed by atoms with Crippen LogP contribution in [0.5, 0.6) is 0 Å². The lowest BCUT2D eigenvalue weighted by Gasteiger charge is -2.01. The van der Waals surface area contributed by atoms with E-state index >= 15 is 0 Å². The third-order valence-corrected chi connectivity index (χ3v) is 5.40. The van der Waals surface area contributed by atoms with Crippen LogP contribution >= 0.6 is 0 Å². The Morgan fingerprint density at radius 1 is 0.893 bits per heavy atom. The SMILES string of the molecule is C=Cc1c(C)oc2ccc3nc(-n4c5ccccc5c5ccccc54)oc3c12. The van der Waals surface area contributed by atoms with Gasteiger partial charge in [-0.05, 0) is 31.2 Å². The summed E-state index contributed by atoms with van der Waals surface area (Å²) in [5.74, 6) is 0.826. The number of fused-ring (bicyclic) bond motifs is 6. The van der Waals surface area contributed by atoms with Crippen LogP contribution in [0.1, 0.15) is 11.3 Å². The maximum absolute atomic E-state index is 6.34. The number of aromatic nitrogens is 2. The van der Waals surface area contributed by atoms with E-state index in [1.54, 1.807) is 0 Å². The summed E-state index contributed by atoms with van der Waals surface area (Å²) in [6.45, 7) is 5.87. The lowest BCUT2D eigenvalue weighted by atomic mass is 10.1. The molecule has 28 heavy (non-hydrogen) atoms. The molecule has 0 N–H and O–H groups in total. The molecule has 0 aliphatic carbocycles. The van der Waals surface area contributed by atoms with Crippen molar-refractivity contribution in [3.63, 3.8) is 0 Å². The number of rotatable bonds is 2. The molecule has 0 fully saturated rings. The van der Waals surface area contributed by atoms with Gasteiger partial charge < -0.3 is 8.83 Å². The summed E-state index contributed by atoms with van der Waals surface area (Å²) in [7, 11) is 0. The third-order valence-electron chi connectivity index (χ3n) is 5.40. The zero-order valence-corrected chi connectivity index (χ0v) is 15.3. The van der Waals surface area contributed by atoms with Gasteiger partial charge >= 0.3 is 6.01 Å². The summed E-state index contributed by atoms with van der Waals surface area (Å²) < 4.78 is 14.3. The van der Waals surface area contributed by atoms with Crippen LogP contribution in [0.4, 0.5) is 0 Å². The molecule has 6 aromatic rings. The second-order valence-electron chi connectivity index (χ2n) is 6.93. The lowest BCUT2D eigenvalue weighted by molar-refractivity contribution is 0.573. The average molecular weight is 364 g/mol. The molecule has 0 atom stereocenters. The highest BCUT2D eigenvalue weighted by molar-refractivity contribution is 6.10. The molecule has 6 rings (SSSR count). The van der Waals surface area contributed by atoms with E-state index in [1.807, 2.05) is 37.3 Å². The quantitative estimate of drug-likeness (QED) is 0.347. The summed E-state index contributed by atoms with van der Waals surface area (Å²) >= 11 is 0. The number of hydrogen-bond acceptors (Lipinski definition) is 3. The van der Waals surface area contributed by atoms with Gasteiger partial charge in [0, 0.05) is 16.3 Å². The van der Waals surface area contributed by atoms with Gasteiger partial charge in [0.15, 0.2) is 5.58 Å². The molecule has 0 amide bonds. The van der Waals surface area contributed by atoms with Crippen molar-refractivity contribution >= 4 is 50.0 Å². The Morgan fingerprint density at radius 3 is 2.25 bits per heavy atom. The van der Waals surface area contributed by atoms with Crippen molar-refractivity contribution in [2.75, 3.05) is 0 Å². The van der Waals surface area contributed by atoms with Crippen molar-refractivity contribution in [2.45, 2.75) is 6.92 Å². The molecular formula is C24H16N2O2. The maximum Gasteiger partial charge on any atom is 0.307 e. The molecule has 134 valence electrons. The maximum atomic E-state index is 6.34. The highest BCUT2D eigenvalue weighted by Crippen LogP contribution is 2.36. The fourth-order valence-electron chi connectivity index (χ4n) is 4.17. The first-order valence-electron chi connectivity index (χ1n) is 9.20. The monoisotopic (exact) mass is 364 g/mol. The van der Waals surface area contributed by atoms with Crippen molar-refractivity contribution in [2.24, 2.45) is 0 Å². The molecule has 3 heterocycles. The van der Waals surface area contributed by atoms with Crippen LogP contribution in [0, 0.1) is 6.92 Å². The summed E-state index contributed by atoms with van der Waals surface area (Å²) in [6.07, 6.45) is 1.81. The fraction of sp³-hybridized carbons (Fsp3) is 0.0417. The number of oxazole rings is 1. The van der Waals surface area contributed by atoms with E-state index in [0.29, 0.717) is 6.01 Å². The van der Waals surface area contributed by atoms with Crippen LogP contribution < -0.4 is 0 Å². The fourth-order valence-corrected chi connectivity index (χ4v) is 4.17. The molecule has 0 aliphatic rings. The minimum absolute atomic E-state index is 0.550. The van der Waals surface area contributed by atoms with Gasteiger partial charge in [-0.1, -0.05) is 49.1 Å². The van der Waals surface area contributed by atoms with Gasteiger partial charge in [-0.15, -0.1) is 0 Å². The Balaban J connectivity index is 1.76. The van der Waals surface area contributed by atoms with Crippen molar-refractivity contribution in [1.29, 1.82) is 0 Å². The van der Waals surface area contributed by atoms with Crippen molar-refractivity contribution in [1.82, 2.24) is 9.55 Å². The number of hydrogen-bond donors (Lipinski definition) is 0. The van der Waals surface area contributed by atoms with E-state index < -0.39 is 0 Å². The van der Waals surface area contributed by atoms with Crippen LogP contribution in [0.15, 0.2) is 76.1 Å². The molecule has 4 heteroatoms. The van der Waals surface area contributed by atoms with E-state index in [2.05, 4.69) is 47.5 Å². The minimum atomic E-state index is 0.550. The zero-order chi connectivity index (χ0) is 18.8. The molecule has 4 nitrogen and oxygen atoms in total. The summed E-state index contributed by atoms with van der Waals surface area (Å²) in [6, 6.07) is 21.1. The number of furan rings is 1. The van der Waals surface area contributed by atoms with E-state index in [0.717, 1.165) is 44.4 Å². The molecule has 0 saturated heterocycles. The van der Waals surface area contributed by atoms with Crippen molar-refractivity contribution in [3.8, 4) is 6.01 Å². The van der Waals surface area contributed by atoms with E-state index in [-0.39, 0.29) is 0 Å². The number of benzene rings is 3. The zero-order valence-electron chi connectivity index (χ0n) is 15.3. The molecule has 0 bridgehead atoms. The van der Waals surface area contributed by atoms with Crippen molar-refractivity contribution < 1.29 is 8.83 Å². The second-order valence-corrected chi connectivity index (χ2v) is 6.93. The van der Waals surface area contributed by atoms with Crippen LogP contribution in [-0.2, 0) is 0 Å². The second kappa shape index (κ2) is 5.36. The van der Waals surface area contributed by atoms with Crippen molar-refractivity contribution in [3.05, 3.63) is 78.6 Å². The van der Waals surface area contributed by atoms with E-state index in [4.69, 9.17) is 13.8 Å². The molecule has 3 aromatic carbocycles. The highest BCUT2D eigenvalue weighted by atomic mass is 16.4. The highest BCUT2D eigenvalue weighted by Gasteiger charge is 2.20. The average Bonchev–Trinajstić information content (AvgIpc) is 3.37. The number of para-hydroxylation sites is 2. The molecule has 0 aliphatic heterocycles. The molecular weight excluding hydrogens is 348 g/mol. The van der Waals surface area contributed by atoms with Gasteiger partial charge in [0.25, 0.3) is 0 Å². The third kappa shape index (κ3) is 1.86. The van der Waals surface area contributed by atoms with Gasteiger partial charge in [-0.3, -0.25) is 4.57 Å². The first-order chi connectivity index (χ1) is 13.8. The number of aryl methyl sites for hydroxylation is 1. The smallest absolute Gasteiger partial charge is 0.307 e. The Labute approximate surface area is 160 Å². The first kappa shape index (κ1) is 15.3. The Hall–Kier alpha value is -3.79. The molecule has 0 saturated carbocycles. The Bertz CT molecular complexity index is 1490. The van der Waals surface area contributed by atoms with Crippen LogP contribution in [-0.4, -0.2) is 9.55 Å². The predicted octanol–water partition coefficient (Wildman–Crippen LogP) is 6.62. The van der Waals surface area contributed by atoms with Gasteiger partial charge in [-0.2, -0.15) is 4.98 Å². The normalized spacial score (nSPS) is 11.9. The predicted molar refractivity (Wildman–Crippen MR) is 113 cm³/mol. The molecule has 0 unspecified atom stereocenters. The van der Waals surface area contributed by atoms with Crippen LogP contribution in [0.2, 0.25) is 0 Å². The van der Waals surface area contributed by atoms with Gasteiger partial charge in [0.05, 0.1) is 16.4 Å². The summed E-state index contributed by atoms with van der Waals surface area (Å²) in [4.78, 5) is 4.81. The van der Waals surface area contributed by atoms with E-state index in [9.17, 15) is 0 Å². The van der Waals surface area contributed by atoms with Crippen LogP contribution in [0.25, 0.3) is 56.0 Å². The van der Waals surface area contributed by atoms with E-state index in [1.165, 1.54) is 10.8 Å². The largest absolute Gasteiger partial charge is 0.461 e. The van der Waals surface area contributed by atoms with Gasteiger partial charge in [0.2, 0.25) is 0 Å². The first-order valence-corrected chi connectivity index (χ1v) is 9.20. The Kier molecular flexibility index (Phi) is 2.93. The summed E-state index contributed by atoms with van der Waals surface area (Å²) in [5, 5.41) is 3.28.